The first kappa shape index (κ1) is 14.7. The SMILES string of the molecule is CNC(c1cc(F)c(C)cc1F)c1cc(Cl)sc1Cl. The fourth-order valence-corrected chi connectivity index (χ4v) is 3.44. The van der Waals surface area contributed by atoms with Gasteiger partial charge in [0.25, 0.3) is 0 Å². The molecule has 0 fully saturated rings. The Hall–Kier alpha value is -0.680. The van der Waals surface area contributed by atoms with E-state index in [-0.39, 0.29) is 11.1 Å². The lowest BCUT2D eigenvalue weighted by atomic mass is 9.99. The molecule has 2 aromatic rings. The first-order valence-electron chi connectivity index (χ1n) is 5.51. The predicted octanol–water partition coefficient (Wildman–Crippen LogP) is 4.95. The fourth-order valence-electron chi connectivity index (χ4n) is 1.91. The summed E-state index contributed by atoms with van der Waals surface area (Å²) in [6.45, 7) is 1.52. The fraction of sp³-hybridized carbons (Fsp3) is 0.231. The molecule has 1 heterocycles. The highest BCUT2D eigenvalue weighted by Crippen LogP contribution is 2.38. The Bertz CT molecular complexity index is 613. The molecule has 0 aliphatic rings. The Labute approximate surface area is 124 Å². The van der Waals surface area contributed by atoms with Gasteiger partial charge in [0.1, 0.15) is 11.6 Å². The molecule has 6 heteroatoms. The van der Waals surface area contributed by atoms with Gasteiger partial charge in [0.15, 0.2) is 0 Å². The van der Waals surface area contributed by atoms with E-state index in [9.17, 15) is 8.78 Å². The molecule has 0 bridgehead atoms. The summed E-state index contributed by atoms with van der Waals surface area (Å²) >= 11 is 13.2. The van der Waals surface area contributed by atoms with Crippen molar-refractivity contribution in [2.24, 2.45) is 0 Å². The summed E-state index contributed by atoms with van der Waals surface area (Å²) in [6, 6.07) is 3.49. The number of hydrogen-bond acceptors (Lipinski definition) is 2. The quantitative estimate of drug-likeness (QED) is 0.843. The number of thiophene rings is 1. The molecule has 1 nitrogen and oxygen atoms in total. The molecule has 0 saturated carbocycles. The van der Waals surface area contributed by atoms with Crippen LogP contribution in [0.4, 0.5) is 8.78 Å². The molecule has 19 heavy (non-hydrogen) atoms. The molecule has 0 amide bonds. The summed E-state index contributed by atoms with van der Waals surface area (Å²) in [5.41, 5.74) is 1.12. The number of aryl methyl sites for hydroxylation is 1. The maximum Gasteiger partial charge on any atom is 0.128 e. The van der Waals surface area contributed by atoms with Crippen molar-refractivity contribution >= 4 is 34.5 Å². The minimum atomic E-state index is -0.536. The number of benzene rings is 1. The van der Waals surface area contributed by atoms with Gasteiger partial charge in [-0.25, -0.2) is 8.78 Å². The van der Waals surface area contributed by atoms with Gasteiger partial charge in [-0.1, -0.05) is 23.2 Å². The number of rotatable bonds is 3. The van der Waals surface area contributed by atoms with Crippen LogP contribution in [0.5, 0.6) is 0 Å². The zero-order valence-corrected chi connectivity index (χ0v) is 12.6. The third-order valence-electron chi connectivity index (χ3n) is 2.87. The third-order valence-corrected chi connectivity index (χ3v) is 4.39. The van der Waals surface area contributed by atoms with E-state index in [1.807, 2.05) is 0 Å². The van der Waals surface area contributed by atoms with Gasteiger partial charge in [0.05, 0.1) is 14.7 Å². The smallest absolute Gasteiger partial charge is 0.128 e. The zero-order chi connectivity index (χ0) is 14.2. The van der Waals surface area contributed by atoms with Gasteiger partial charge >= 0.3 is 0 Å². The van der Waals surface area contributed by atoms with E-state index < -0.39 is 17.7 Å². The molecule has 0 aliphatic heterocycles. The van der Waals surface area contributed by atoms with Gasteiger partial charge in [-0.05, 0) is 37.7 Å². The van der Waals surface area contributed by atoms with Crippen LogP contribution in [0.2, 0.25) is 8.67 Å². The lowest BCUT2D eigenvalue weighted by molar-refractivity contribution is 0.554. The summed E-state index contributed by atoms with van der Waals surface area (Å²) in [4.78, 5) is 0. The van der Waals surface area contributed by atoms with Crippen molar-refractivity contribution in [3.8, 4) is 0 Å². The van der Waals surface area contributed by atoms with Gasteiger partial charge < -0.3 is 5.32 Å². The molecule has 1 aromatic carbocycles. The second kappa shape index (κ2) is 5.75. The van der Waals surface area contributed by atoms with Gasteiger partial charge in [0.2, 0.25) is 0 Å². The Morgan fingerprint density at radius 3 is 2.32 bits per heavy atom. The molecule has 0 aliphatic carbocycles. The first-order valence-corrected chi connectivity index (χ1v) is 7.08. The van der Waals surface area contributed by atoms with Crippen LogP contribution >= 0.6 is 34.5 Å². The normalized spacial score (nSPS) is 12.7. The molecule has 0 spiro atoms. The minimum absolute atomic E-state index is 0.210. The van der Waals surface area contributed by atoms with E-state index in [1.165, 1.54) is 30.4 Å². The van der Waals surface area contributed by atoms with Gasteiger partial charge in [-0.2, -0.15) is 0 Å². The summed E-state index contributed by atoms with van der Waals surface area (Å²) in [6.07, 6.45) is 0. The molecule has 1 N–H and O–H groups in total. The van der Waals surface area contributed by atoms with Crippen LogP contribution in [0, 0.1) is 18.6 Å². The van der Waals surface area contributed by atoms with Crippen LogP contribution in [0.25, 0.3) is 0 Å². The van der Waals surface area contributed by atoms with Crippen LogP contribution in [0.15, 0.2) is 18.2 Å². The van der Waals surface area contributed by atoms with E-state index in [0.717, 1.165) is 0 Å². The molecule has 1 unspecified atom stereocenters. The monoisotopic (exact) mass is 321 g/mol. The summed E-state index contributed by atoms with van der Waals surface area (Å²) < 4.78 is 28.6. The van der Waals surface area contributed by atoms with Crippen molar-refractivity contribution in [2.45, 2.75) is 13.0 Å². The van der Waals surface area contributed by atoms with E-state index >= 15 is 0 Å². The standard InChI is InChI=1S/C13H11Cl2F2NS/c1-6-3-10(17)7(4-9(6)16)12(18-2)8-5-11(14)19-13(8)15/h3-5,12,18H,1-2H3. The maximum atomic E-state index is 14.0. The van der Waals surface area contributed by atoms with Crippen LogP contribution in [0.3, 0.4) is 0 Å². The van der Waals surface area contributed by atoms with E-state index in [4.69, 9.17) is 23.2 Å². The van der Waals surface area contributed by atoms with Crippen LogP contribution < -0.4 is 5.32 Å². The van der Waals surface area contributed by atoms with Gasteiger partial charge in [0, 0.05) is 11.1 Å². The molecule has 2 rings (SSSR count). The lowest BCUT2D eigenvalue weighted by Crippen LogP contribution is -2.19. The summed E-state index contributed by atoms with van der Waals surface area (Å²) in [5, 5.41) is 2.93. The second-order valence-corrected chi connectivity index (χ2v) is 6.41. The highest BCUT2D eigenvalue weighted by atomic mass is 35.5. The van der Waals surface area contributed by atoms with Crippen LogP contribution in [-0.4, -0.2) is 7.05 Å². The largest absolute Gasteiger partial charge is 0.309 e. The van der Waals surface area contributed by atoms with Crippen LogP contribution in [-0.2, 0) is 0 Å². The second-order valence-electron chi connectivity index (χ2n) is 4.12. The molecule has 0 radical (unpaired) electrons. The Balaban J connectivity index is 2.54. The maximum absolute atomic E-state index is 14.0. The predicted molar refractivity (Wildman–Crippen MR) is 76.3 cm³/mol. The molecule has 1 atom stereocenters. The molecule has 1 aromatic heterocycles. The zero-order valence-electron chi connectivity index (χ0n) is 10.2. The van der Waals surface area contributed by atoms with Crippen molar-refractivity contribution in [1.82, 2.24) is 5.32 Å². The van der Waals surface area contributed by atoms with Crippen molar-refractivity contribution in [3.05, 3.63) is 55.2 Å². The van der Waals surface area contributed by atoms with E-state index in [0.29, 0.717) is 14.2 Å². The molecule has 102 valence electrons. The highest BCUT2D eigenvalue weighted by molar-refractivity contribution is 7.20. The minimum Gasteiger partial charge on any atom is -0.309 e. The molecular weight excluding hydrogens is 311 g/mol. The Morgan fingerprint density at radius 1 is 1.11 bits per heavy atom. The average molecular weight is 322 g/mol. The van der Waals surface area contributed by atoms with Crippen LogP contribution in [0.1, 0.15) is 22.7 Å². The number of nitrogens with one attached hydrogen (secondary N) is 1. The Kier molecular flexibility index (Phi) is 4.46. The molecular formula is C13H11Cl2F2NS. The third kappa shape index (κ3) is 2.92. The van der Waals surface area contributed by atoms with E-state index in [1.54, 1.807) is 13.1 Å². The summed E-state index contributed by atoms with van der Waals surface area (Å²) in [7, 11) is 1.66. The van der Waals surface area contributed by atoms with Gasteiger partial charge in [-0.15, -0.1) is 11.3 Å². The molecule has 0 saturated heterocycles. The van der Waals surface area contributed by atoms with Crippen molar-refractivity contribution in [3.63, 3.8) is 0 Å². The summed E-state index contributed by atoms with van der Waals surface area (Å²) in [5.74, 6) is -0.925. The number of halogens is 4. The first-order chi connectivity index (χ1) is 8.93. The Morgan fingerprint density at radius 2 is 1.79 bits per heavy atom. The highest BCUT2D eigenvalue weighted by Gasteiger charge is 2.22. The number of hydrogen-bond donors (Lipinski definition) is 1. The lowest BCUT2D eigenvalue weighted by Gasteiger charge is -2.17. The topological polar surface area (TPSA) is 12.0 Å². The average Bonchev–Trinajstić information content (AvgIpc) is 2.66. The van der Waals surface area contributed by atoms with Crippen molar-refractivity contribution in [2.75, 3.05) is 7.05 Å². The van der Waals surface area contributed by atoms with E-state index in [2.05, 4.69) is 5.32 Å². The van der Waals surface area contributed by atoms with Crippen molar-refractivity contribution in [1.29, 1.82) is 0 Å². The van der Waals surface area contributed by atoms with Crippen molar-refractivity contribution < 1.29 is 8.78 Å². The van der Waals surface area contributed by atoms with Gasteiger partial charge in [-0.3, -0.25) is 0 Å².